The molecule has 2 aromatic heterocycles. The van der Waals surface area contributed by atoms with Gasteiger partial charge in [0.15, 0.2) is 16.1 Å². The van der Waals surface area contributed by atoms with E-state index in [1.165, 1.54) is 17.3 Å². The van der Waals surface area contributed by atoms with E-state index in [1.54, 1.807) is 19.9 Å². The third kappa shape index (κ3) is 7.17. The van der Waals surface area contributed by atoms with Crippen LogP contribution in [-0.2, 0) is 28.1 Å². The molecule has 3 aromatic rings. The lowest BCUT2D eigenvalue weighted by Gasteiger charge is -2.19. The van der Waals surface area contributed by atoms with Crippen LogP contribution in [0.4, 0.5) is 5.13 Å². The normalized spacial score (nSPS) is 11.2. The Morgan fingerprint density at radius 1 is 1.22 bits per heavy atom. The van der Waals surface area contributed by atoms with Crippen molar-refractivity contribution in [1.29, 1.82) is 0 Å². The van der Waals surface area contributed by atoms with Crippen molar-refractivity contribution in [3.05, 3.63) is 58.9 Å². The van der Waals surface area contributed by atoms with E-state index in [4.69, 9.17) is 9.47 Å². The van der Waals surface area contributed by atoms with Crippen LogP contribution in [0, 0.1) is 6.92 Å². The van der Waals surface area contributed by atoms with Crippen molar-refractivity contribution in [3.8, 4) is 5.75 Å². The average molecular weight is 530 g/mol. The van der Waals surface area contributed by atoms with E-state index < -0.39 is 5.97 Å². The molecule has 0 unspecified atom stereocenters. The molecule has 9 nitrogen and oxygen atoms in total. The van der Waals surface area contributed by atoms with Crippen LogP contribution in [0.15, 0.2) is 42.1 Å². The number of aromatic nitrogens is 4. The molecule has 0 fully saturated rings. The zero-order valence-electron chi connectivity index (χ0n) is 21.2. The molecule has 0 saturated heterocycles. The maximum atomic E-state index is 12.5. The molecular weight excluding hydrogens is 498 g/mol. The highest BCUT2D eigenvalue weighted by Crippen LogP contribution is 2.26. The zero-order valence-corrected chi connectivity index (χ0v) is 22.8. The summed E-state index contributed by atoms with van der Waals surface area (Å²) in [5.41, 5.74) is 1.82. The minimum atomic E-state index is -0.445. The van der Waals surface area contributed by atoms with Gasteiger partial charge < -0.3 is 14.8 Å². The van der Waals surface area contributed by atoms with Gasteiger partial charge in [0.2, 0.25) is 5.91 Å². The second kappa shape index (κ2) is 12.2. The number of anilines is 1. The third-order valence-corrected chi connectivity index (χ3v) is 7.05. The smallest absolute Gasteiger partial charge is 0.350 e. The zero-order chi connectivity index (χ0) is 26.3. The van der Waals surface area contributed by atoms with Crippen molar-refractivity contribution in [2.45, 2.75) is 58.3 Å². The fraction of sp³-hybridized carbons (Fsp3) is 0.400. The number of rotatable bonds is 11. The van der Waals surface area contributed by atoms with Gasteiger partial charge in [-0.2, -0.15) is 0 Å². The van der Waals surface area contributed by atoms with E-state index in [-0.39, 0.29) is 30.3 Å². The molecule has 0 atom stereocenters. The Bertz CT molecular complexity index is 1210. The van der Waals surface area contributed by atoms with Crippen LogP contribution in [0.25, 0.3) is 0 Å². The van der Waals surface area contributed by atoms with Crippen molar-refractivity contribution in [2.24, 2.45) is 0 Å². The van der Waals surface area contributed by atoms with Crippen LogP contribution >= 0.6 is 23.1 Å². The van der Waals surface area contributed by atoms with E-state index in [2.05, 4.69) is 60.0 Å². The number of aryl methyl sites for hydroxylation is 1. The number of esters is 1. The number of benzene rings is 1. The van der Waals surface area contributed by atoms with Crippen LogP contribution in [0.1, 0.15) is 54.4 Å². The van der Waals surface area contributed by atoms with Crippen molar-refractivity contribution in [3.63, 3.8) is 0 Å². The minimum Gasteiger partial charge on any atom is -0.486 e. The summed E-state index contributed by atoms with van der Waals surface area (Å²) in [4.78, 5) is 29.1. The van der Waals surface area contributed by atoms with Gasteiger partial charge in [0.05, 0.1) is 18.1 Å². The molecule has 3 rings (SSSR count). The lowest BCUT2D eigenvalue weighted by Crippen LogP contribution is -2.15. The number of allylic oxidation sites excluding steroid dienone is 1. The molecule has 0 aliphatic rings. The molecular formula is C25H31N5O4S2. The number of thioether (sulfide) groups is 1. The highest BCUT2D eigenvalue weighted by molar-refractivity contribution is 7.99. The van der Waals surface area contributed by atoms with Crippen LogP contribution in [0.5, 0.6) is 5.75 Å². The molecule has 192 valence electrons. The van der Waals surface area contributed by atoms with Gasteiger partial charge in [-0.05, 0) is 37.0 Å². The number of carbonyl (C=O) groups is 2. The SMILES string of the molecule is C=CCn1c(COc2ccc(C(C)(C)C)cc2)nnc1SCC(=O)Nc1nc(C)c(C(=O)OCC)s1. The largest absolute Gasteiger partial charge is 0.486 e. The number of ether oxygens (including phenoxy) is 2. The van der Waals surface area contributed by atoms with Gasteiger partial charge >= 0.3 is 5.97 Å². The molecule has 0 bridgehead atoms. The predicted molar refractivity (Wildman–Crippen MR) is 142 cm³/mol. The lowest BCUT2D eigenvalue weighted by molar-refractivity contribution is -0.113. The summed E-state index contributed by atoms with van der Waals surface area (Å²) in [6.45, 7) is 14.7. The minimum absolute atomic E-state index is 0.0721. The average Bonchev–Trinajstić information content (AvgIpc) is 3.39. The maximum Gasteiger partial charge on any atom is 0.350 e. The number of carbonyl (C=O) groups excluding carboxylic acids is 2. The van der Waals surface area contributed by atoms with E-state index in [1.807, 2.05) is 16.7 Å². The van der Waals surface area contributed by atoms with Crippen molar-refractivity contribution in [1.82, 2.24) is 19.7 Å². The molecule has 2 heterocycles. The molecule has 11 heteroatoms. The number of amides is 1. The molecule has 0 saturated carbocycles. The van der Waals surface area contributed by atoms with Crippen molar-refractivity contribution in [2.75, 3.05) is 17.7 Å². The van der Waals surface area contributed by atoms with Crippen molar-refractivity contribution >= 4 is 40.1 Å². The number of nitrogens with zero attached hydrogens (tertiary/aromatic N) is 4. The molecule has 1 aromatic carbocycles. The van der Waals surface area contributed by atoms with Crippen molar-refractivity contribution < 1.29 is 19.1 Å². The first kappa shape index (κ1) is 27.4. The Labute approximate surface area is 219 Å². The van der Waals surface area contributed by atoms with Gasteiger partial charge in [0.1, 0.15) is 17.2 Å². The van der Waals surface area contributed by atoms with Gasteiger partial charge in [-0.1, -0.05) is 62.1 Å². The molecule has 36 heavy (non-hydrogen) atoms. The molecule has 1 N–H and O–H groups in total. The monoisotopic (exact) mass is 529 g/mol. The summed E-state index contributed by atoms with van der Waals surface area (Å²) in [6, 6.07) is 8.01. The number of nitrogens with one attached hydrogen (secondary N) is 1. The third-order valence-electron chi connectivity index (χ3n) is 5.03. The van der Waals surface area contributed by atoms with Crippen LogP contribution in [0.2, 0.25) is 0 Å². The van der Waals surface area contributed by atoms with Gasteiger partial charge in [0.25, 0.3) is 0 Å². The maximum absolute atomic E-state index is 12.5. The second-order valence-corrected chi connectivity index (χ2v) is 10.8. The number of hydrogen-bond acceptors (Lipinski definition) is 9. The topological polar surface area (TPSA) is 108 Å². The van der Waals surface area contributed by atoms with E-state index in [9.17, 15) is 9.59 Å². The Hall–Kier alpha value is -3.18. The first-order chi connectivity index (χ1) is 17.1. The summed E-state index contributed by atoms with van der Waals surface area (Å²) in [7, 11) is 0. The summed E-state index contributed by atoms with van der Waals surface area (Å²) < 4.78 is 12.8. The van der Waals surface area contributed by atoms with Crippen LogP contribution < -0.4 is 10.1 Å². The standard InChI is InChI=1S/C25H31N5O4S2/c1-7-13-30-19(14-34-18-11-9-17(10-12-18)25(4,5)6)28-29-24(30)35-15-20(31)27-23-26-16(3)21(36-23)22(32)33-8-2/h7,9-12H,1,8,13-15H2,2-6H3,(H,26,27,31). The molecule has 0 aliphatic heterocycles. The summed E-state index contributed by atoms with van der Waals surface area (Å²) in [6.07, 6.45) is 1.74. The Morgan fingerprint density at radius 3 is 2.58 bits per heavy atom. The summed E-state index contributed by atoms with van der Waals surface area (Å²) in [5.74, 6) is 0.754. The molecule has 1 amide bonds. The number of thiazole rings is 1. The molecule has 0 aliphatic carbocycles. The van der Waals surface area contributed by atoms with E-state index in [0.717, 1.165) is 17.1 Å². The van der Waals surface area contributed by atoms with E-state index >= 15 is 0 Å². The lowest BCUT2D eigenvalue weighted by atomic mass is 9.87. The summed E-state index contributed by atoms with van der Waals surface area (Å²) in [5, 5.41) is 12.1. The second-order valence-electron chi connectivity index (χ2n) is 8.85. The van der Waals surface area contributed by atoms with Gasteiger partial charge in [0, 0.05) is 6.54 Å². The predicted octanol–water partition coefficient (Wildman–Crippen LogP) is 5.01. The van der Waals surface area contributed by atoms with Gasteiger partial charge in [-0.25, -0.2) is 9.78 Å². The Balaban J connectivity index is 1.59. The first-order valence-corrected chi connectivity index (χ1v) is 13.3. The Kier molecular flexibility index (Phi) is 9.27. The van der Waals surface area contributed by atoms with Crippen LogP contribution in [-0.4, -0.2) is 44.0 Å². The summed E-state index contributed by atoms with van der Waals surface area (Å²) >= 11 is 2.34. The highest BCUT2D eigenvalue weighted by atomic mass is 32.2. The van der Waals surface area contributed by atoms with Crippen LogP contribution in [0.3, 0.4) is 0 Å². The fourth-order valence-electron chi connectivity index (χ4n) is 3.17. The van der Waals surface area contributed by atoms with E-state index in [0.29, 0.717) is 33.2 Å². The quantitative estimate of drug-likeness (QED) is 0.210. The fourth-order valence-corrected chi connectivity index (χ4v) is 4.81. The first-order valence-electron chi connectivity index (χ1n) is 11.5. The molecule has 0 radical (unpaired) electrons. The molecule has 0 spiro atoms. The van der Waals surface area contributed by atoms with Gasteiger partial charge in [-0.15, -0.1) is 16.8 Å². The highest BCUT2D eigenvalue weighted by Gasteiger charge is 2.19. The number of hydrogen-bond donors (Lipinski definition) is 1. The Morgan fingerprint density at radius 2 is 1.94 bits per heavy atom. The van der Waals surface area contributed by atoms with Gasteiger partial charge in [-0.3, -0.25) is 9.36 Å².